The average molecular weight is 395 g/mol. The van der Waals surface area contributed by atoms with Crippen LogP contribution in [0.3, 0.4) is 0 Å². The van der Waals surface area contributed by atoms with Gasteiger partial charge in [-0.15, -0.1) is 13.2 Å². The summed E-state index contributed by atoms with van der Waals surface area (Å²) in [5, 5.41) is 0. The first kappa shape index (κ1) is 21.0. The maximum Gasteiger partial charge on any atom is 0.573 e. The summed E-state index contributed by atoms with van der Waals surface area (Å²) in [7, 11) is 0. The van der Waals surface area contributed by atoms with E-state index >= 15 is 0 Å². The zero-order valence-electron chi connectivity index (χ0n) is 11.3. The predicted molar refractivity (Wildman–Crippen MR) is 57.4 cm³/mol. The van der Waals surface area contributed by atoms with Gasteiger partial charge in [-0.2, -0.15) is 35.1 Å². The predicted octanol–water partition coefficient (Wildman–Crippen LogP) is 5.09. The quantitative estimate of drug-likeness (QED) is 0.572. The van der Waals surface area contributed by atoms with E-state index in [-0.39, 0.29) is 12.1 Å². The molecule has 0 aliphatic carbocycles. The summed E-state index contributed by atoms with van der Waals surface area (Å²) in [5.74, 6) is -8.81. The van der Waals surface area contributed by atoms with Crippen LogP contribution in [-0.4, -0.2) is 24.6 Å². The Balaban J connectivity index is 3.68. The monoisotopic (exact) mass is 395 g/mol. The van der Waals surface area contributed by atoms with Crippen LogP contribution in [0, 0.1) is 0 Å². The average Bonchev–Trinajstić information content (AvgIpc) is 2.36. The normalized spacial score (nSPS) is 16.5. The summed E-state index contributed by atoms with van der Waals surface area (Å²) >= 11 is 0. The molecule has 1 aromatic rings. The van der Waals surface area contributed by atoms with Crippen molar-refractivity contribution < 1.29 is 57.4 Å². The Morgan fingerprint density at radius 3 is 1.56 bits per heavy atom. The zero-order chi connectivity index (χ0) is 20.1. The van der Waals surface area contributed by atoms with Crippen LogP contribution in [0.15, 0.2) is 18.2 Å². The van der Waals surface area contributed by atoms with E-state index in [0.29, 0.717) is 0 Å². The van der Waals surface area contributed by atoms with Crippen LogP contribution in [0.25, 0.3) is 0 Å². The molecule has 0 aromatic heterocycles. The molecule has 2 N–H and O–H groups in total. The van der Waals surface area contributed by atoms with Gasteiger partial charge in [-0.25, -0.2) is 4.39 Å². The Morgan fingerprint density at radius 1 is 0.720 bits per heavy atom. The molecular weight excluding hydrogens is 390 g/mol. The van der Waals surface area contributed by atoms with Crippen LogP contribution in [-0.2, 0) is 5.67 Å². The minimum Gasteiger partial charge on any atom is -0.404 e. The summed E-state index contributed by atoms with van der Waals surface area (Å²) in [5.41, 5.74) is -5.05. The molecule has 14 heteroatoms. The Hall–Kier alpha value is -2.02. The van der Waals surface area contributed by atoms with Gasteiger partial charge in [0.25, 0.3) is 0 Å². The molecule has 0 amide bonds. The van der Waals surface area contributed by atoms with Gasteiger partial charge in [0.1, 0.15) is 0 Å². The Labute approximate surface area is 130 Å². The first-order valence-corrected chi connectivity index (χ1v) is 5.70. The SMILES string of the molecule is Nc1ccc(C(F)(C(F)(F)F)C(F)(F)C(F)(F)F)cc1OC(F)(F)F. The fourth-order valence-electron chi connectivity index (χ4n) is 1.68. The second-order valence-corrected chi connectivity index (χ2v) is 4.53. The van der Waals surface area contributed by atoms with Crippen LogP contribution in [0.2, 0.25) is 0 Å². The molecule has 1 aromatic carbocycles. The van der Waals surface area contributed by atoms with Gasteiger partial charge >= 0.3 is 30.3 Å². The van der Waals surface area contributed by atoms with Crippen molar-refractivity contribution in [3.8, 4) is 5.75 Å². The molecule has 0 saturated heterocycles. The molecule has 0 aliphatic heterocycles. The third kappa shape index (κ3) is 3.66. The molecule has 144 valence electrons. The van der Waals surface area contributed by atoms with Crippen LogP contribution < -0.4 is 10.5 Å². The number of alkyl halides is 12. The maximum absolute atomic E-state index is 14.1. The van der Waals surface area contributed by atoms with Gasteiger partial charge in [-0.3, -0.25) is 0 Å². The number of rotatable bonds is 3. The number of hydrogen-bond acceptors (Lipinski definition) is 2. The molecule has 0 spiro atoms. The standard InChI is InChI=1S/C11H5F12NO/c12-7(9(15,16)17,8(13,14)10(18,19)20)4-1-2-5(24)6(3-4)25-11(21,22)23/h1-3H,24H2. The van der Waals surface area contributed by atoms with Crippen molar-refractivity contribution in [2.45, 2.75) is 30.3 Å². The highest BCUT2D eigenvalue weighted by molar-refractivity contribution is 5.55. The molecule has 0 bridgehead atoms. The van der Waals surface area contributed by atoms with E-state index in [9.17, 15) is 52.7 Å². The molecule has 0 aliphatic rings. The summed E-state index contributed by atoms with van der Waals surface area (Å²) in [6.45, 7) is 0. The highest BCUT2D eigenvalue weighted by Crippen LogP contribution is 2.58. The fourth-order valence-corrected chi connectivity index (χ4v) is 1.68. The summed E-state index contributed by atoms with van der Waals surface area (Å²) < 4.78 is 155. The van der Waals surface area contributed by atoms with E-state index in [0.717, 1.165) is 0 Å². The third-order valence-corrected chi connectivity index (χ3v) is 2.82. The van der Waals surface area contributed by atoms with Crippen molar-refractivity contribution in [2.24, 2.45) is 0 Å². The van der Waals surface area contributed by atoms with Crippen LogP contribution >= 0.6 is 0 Å². The Kier molecular flexibility index (Phi) is 4.84. The van der Waals surface area contributed by atoms with E-state index in [2.05, 4.69) is 4.74 Å². The molecule has 1 rings (SSSR count). The van der Waals surface area contributed by atoms with E-state index in [1.54, 1.807) is 0 Å². The second kappa shape index (κ2) is 5.76. The van der Waals surface area contributed by atoms with E-state index < -0.39 is 53.4 Å². The molecular formula is C11H5F12NO. The number of nitrogen functional groups attached to an aromatic ring is 1. The van der Waals surface area contributed by atoms with Gasteiger partial charge in [-0.05, 0) is 12.1 Å². The molecule has 1 atom stereocenters. The number of nitrogens with two attached hydrogens (primary N) is 1. The molecule has 0 heterocycles. The second-order valence-electron chi connectivity index (χ2n) is 4.53. The number of anilines is 1. The topological polar surface area (TPSA) is 35.2 Å². The molecule has 1 unspecified atom stereocenters. The summed E-state index contributed by atoms with van der Waals surface area (Å²) in [4.78, 5) is 0. The summed E-state index contributed by atoms with van der Waals surface area (Å²) in [6.07, 6.45) is -19.4. The van der Waals surface area contributed by atoms with Crippen molar-refractivity contribution in [2.75, 3.05) is 5.73 Å². The Morgan fingerprint density at radius 2 is 1.20 bits per heavy atom. The van der Waals surface area contributed by atoms with Crippen molar-refractivity contribution in [1.82, 2.24) is 0 Å². The van der Waals surface area contributed by atoms with Crippen molar-refractivity contribution in [3.63, 3.8) is 0 Å². The molecule has 0 saturated carbocycles. The van der Waals surface area contributed by atoms with Crippen LogP contribution in [0.5, 0.6) is 5.75 Å². The first-order valence-electron chi connectivity index (χ1n) is 5.70. The third-order valence-electron chi connectivity index (χ3n) is 2.82. The number of halogens is 12. The fraction of sp³-hybridized carbons (Fsp3) is 0.455. The zero-order valence-corrected chi connectivity index (χ0v) is 11.3. The van der Waals surface area contributed by atoms with E-state index in [4.69, 9.17) is 5.73 Å². The molecule has 25 heavy (non-hydrogen) atoms. The van der Waals surface area contributed by atoms with E-state index in [1.807, 2.05) is 0 Å². The highest BCUT2D eigenvalue weighted by atomic mass is 19.4. The summed E-state index contributed by atoms with van der Waals surface area (Å²) in [6, 6.07) is -0.829. The van der Waals surface area contributed by atoms with Gasteiger partial charge in [0.2, 0.25) is 0 Å². The lowest BCUT2D eigenvalue weighted by atomic mass is 9.87. The van der Waals surface area contributed by atoms with Gasteiger partial charge in [0, 0.05) is 5.56 Å². The van der Waals surface area contributed by atoms with Crippen molar-refractivity contribution >= 4 is 5.69 Å². The van der Waals surface area contributed by atoms with Gasteiger partial charge in [0.05, 0.1) is 5.69 Å². The smallest absolute Gasteiger partial charge is 0.404 e. The number of ether oxygens (including phenoxy) is 1. The van der Waals surface area contributed by atoms with E-state index in [1.165, 1.54) is 0 Å². The number of benzene rings is 1. The number of hydrogen-bond donors (Lipinski definition) is 1. The van der Waals surface area contributed by atoms with Crippen LogP contribution in [0.4, 0.5) is 58.4 Å². The largest absolute Gasteiger partial charge is 0.573 e. The maximum atomic E-state index is 14.1. The molecule has 0 radical (unpaired) electrons. The molecule has 2 nitrogen and oxygen atoms in total. The van der Waals surface area contributed by atoms with Crippen molar-refractivity contribution in [1.29, 1.82) is 0 Å². The van der Waals surface area contributed by atoms with Gasteiger partial charge in [0.15, 0.2) is 5.75 Å². The minimum absolute atomic E-state index is 0.0585. The van der Waals surface area contributed by atoms with Crippen molar-refractivity contribution in [3.05, 3.63) is 23.8 Å². The van der Waals surface area contributed by atoms with Gasteiger partial charge < -0.3 is 10.5 Å². The lowest BCUT2D eigenvalue weighted by Crippen LogP contribution is -2.59. The van der Waals surface area contributed by atoms with Crippen LogP contribution in [0.1, 0.15) is 5.56 Å². The highest BCUT2D eigenvalue weighted by Gasteiger charge is 2.81. The Bertz CT molecular complexity index is 631. The minimum atomic E-state index is -7.02. The molecule has 0 fully saturated rings. The van der Waals surface area contributed by atoms with Gasteiger partial charge in [-0.1, -0.05) is 6.07 Å². The lowest BCUT2D eigenvalue weighted by Gasteiger charge is -2.36. The first-order chi connectivity index (χ1) is 10.8. The lowest BCUT2D eigenvalue weighted by molar-refractivity contribution is -0.389.